The maximum atomic E-state index is 14.6. The molecule has 37 heavy (non-hydrogen) atoms. The lowest BCUT2D eigenvalue weighted by atomic mass is 9.96. The number of hydrogen-bond acceptors (Lipinski definition) is 11. The van der Waals surface area contributed by atoms with Gasteiger partial charge in [-0.1, -0.05) is 15.9 Å². The van der Waals surface area contributed by atoms with Crippen molar-refractivity contribution in [2.45, 2.75) is 63.1 Å². The minimum atomic E-state index is -4.58. The Labute approximate surface area is 217 Å². The zero-order chi connectivity index (χ0) is 26.9. The van der Waals surface area contributed by atoms with Gasteiger partial charge in [0.1, 0.15) is 29.7 Å². The third kappa shape index (κ3) is 4.68. The predicted octanol–water partition coefficient (Wildman–Crippen LogP) is 3.50. The van der Waals surface area contributed by atoms with E-state index in [1.54, 1.807) is 13.8 Å². The Kier molecular flexibility index (Phi) is 6.44. The van der Waals surface area contributed by atoms with Crippen molar-refractivity contribution in [3.05, 3.63) is 46.5 Å². The van der Waals surface area contributed by atoms with Crippen LogP contribution >= 0.6 is 23.8 Å². The molecule has 1 unspecified atom stereocenters. The van der Waals surface area contributed by atoms with Crippen molar-refractivity contribution in [3.63, 3.8) is 0 Å². The number of benzene rings is 1. The van der Waals surface area contributed by atoms with Crippen LogP contribution in [0.15, 0.2) is 29.3 Å². The number of aliphatic hydroxyl groups excluding tert-OH is 1. The topological polar surface area (TPSA) is 164 Å². The van der Waals surface area contributed by atoms with Gasteiger partial charge in [-0.15, -0.1) is 0 Å². The third-order valence-electron chi connectivity index (χ3n) is 6.15. The van der Waals surface area contributed by atoms with Crippen molar-refractivity contribution in [1.29, 1.82) is 0 Å². The standard InChI is InChI=1S/C21H23BrF2N5O7P/c1-20(2)6-12(10-4-9(22)5-11(23)13(10)24)34-37(32,36-20)35-18-15(30)21(3,31)19(33-18)29-8-28-14-16(25)26-7-27-17(14)29/h4-5,7-8,12,15,18-19,30-31H,6H2,1-3H3,(H2,25,26,27)/t12-,15+,18?,19+,21+,37-/m0/s1. The number of phosphoric acid groups is 1. The summed E-state index contributed by atoms with van der Waals surface area (Å²) in [6.45, 7) is 4.40. The number of aromatic nitrogens is 4. The second kappa shape index (κ2) is 8.99. The summed E-state index contributed by atoms with van der Waals surface area (Å²) in [6, 6.07) is 2.25. The average molecular weight is 606 g/mol. The average Bonchev–Trinajstić information content (AvgIpc) is 3.30. The van der Waals surface area contributed by atoms with Gasteiger partial charge in [-0.2, -0.15) is 0 Å². The number of rotatable bonds is 4. The number of fused-ring (bicyclic) bond motifs is 1. The van der Waals surface area contributed by atoms with E-state index < -0.39 is 55.4 Å². The fourth-order valence-corrected chi connectivity index (χ4v) is 6.57. The van der Waals surface area contributed by atoms with Crippen molar-refractivity contribution in [2.75, 3.05) is 5.73 Å². The number of hydrogen-bond donors (Lipinski definition) is 3. The third-order valence-corrected chi connectivity index (χ3v) is 8.31. The van der Waals surface area contributed by atoms with Crippen LogP contribution in [0.1, 0.15) is 45.1 Å². The number of nitrogens with two attached hydrogens (primary N) is 1. The van der Waals surface area contributed by atoms with Crippen LogP contribution in [0.5, 0.6) is 0 Å². The maximum Gasteiger partial charge on any atom is 0.478 e. The van der Waals surface area contributed by atoms with Crippen LogP contribution in [0.25, 0.3) is 11.2 Å². The van der Waals surface area contributed by atoms with Gasteiger partial charge in [0, 0.05) is 16.5 Å². The van der Waals surface area contributed by atoms with Crippen LogP contribution in [-0.4, -0.2) is 53.3 Å². The number of aliphatic hydroxyl groups is 2. The summed E-state index contributed by atoms with van der Waals surface area (Å²) in [5, 5.41) is 21.9. The SMILES string of the molecule is CC1(C)C[C@@H](c2cc(Br)cc(F)c2F)O[P@@](=O)(OC2O[C@@H](n3cnc4c(N)ncnc43)[C@](C)(O)[C@@H]2O)O1. The van der Waals surface area contributed by atoms with E-state index in [1.165, 1.54) is 30.2 Å². The molecule has 0 spiro atoms. The molecule has 0 bridgehead atoms. The van der Waals surface area contributed by atoms with Gasteiger partial charge in [0.15, 0.2) is 29.3 Å². The van der Waals surface area contributed by atoms with Crippen molar-refractivity contribution in [1.82, 2.24) is 19.5 Å². The van der Waals surface area contributed by atoms with E-state index in [-0.39, 0.29) is 33.4 Å². The van der Waals surface area contributed by atoms with Crippen LogP contribution in [0, 0.1) is 11.6 Å². The molecule has 200 valence electrons. The van der Waals surface area contributed by atoms with E-state index in [1.807, 2.05) is 0 Å². The summed E-state index contributed by atoms with van der Waals surface area (Å²) in [7, 11) is -4.58. The Hall–Kier alpha value is -2.10. The second-order valence-corrected chi connectivity index (χ2v) is 12.0. The van der Waals surface area contributed by atoms with Crippen LogP contribution < -0.4 is 5.73 Å². The molecule has 0 saturated carbocycles. The minimum absolute atomic E-state index is 0.00370. The molecule has 0 radical (unpaired) electrons. The first-order valence-corrected chi connectivity index (χ1v) is 13.3. The number of anilines is 1. The van der Waals surface area contributed by atoms with Gasteiger partial charge >= 0.3 is 7.82 Å². The van der Waals surface area contributed by atoms with E-state index in [0.717, 1.165) is 6.07 Å². The van der Waals surface area contributed by atoms with Crippen LogP contribution in [0.3, 0.4) is 0 Å². The Balaban J connectivity index is 1.45. The van der Waals surface area contributed by atoms with Crippen molar-refractivity contribution < 1.29 is 41.9 Å². The van der Waals surface area contributed by atoms with E-state index in [9.17, 15) is 23.6 Å². The highest BCUT2D eigenvalue weighted by Gasteiger charge is 2.58. The lowest BCUT2D eigenvalue weighted by Gasteiger charge is -2.40. The van der Waals surface area contributed by atoms with Crippen LogP contribution in [0.4, 0.5) is 14.6 Å². The Morgan fingerprint density at radius 2 is 2.00 bits per heavy atom. The number of nitrogen functional groups attached to an aromatic ring is 1. The van der Waals surface area contributed by atoms with Crippen molar-refractivity contribution in [3.8, 4) is 0 Å². The number of nitrogens with zero attached hydrogens (tertiary/aromatic N) is 4. The molecule has 4 heterocycles. The monoisotopic (exact) mass is 605 g/mol. The van der Waals surface area contributed by atoms with Crippen molar-refractivity contribution >= 4 is 40.7 Å². The first-order valence-electron chi connectivity index (χ1n) is 11.0. The second-order valence-electron chi connectivity index (χ2n) is 9.60. The van der Waals surface area contributed by atoms with Gasteiger partial charge in [0.25, 0.3) is 0 Å². The van der Waals surface area contributed by atoms with Gasteiger partial charge in [0.2, 0.25) is 6.29 Å². The number of imidazole rings is 1. The van der Waals surface area contributed by atoms with Crippen LogP contribution in [0.2, 0.25) is 0 Å². The fraction of sp³-hybridized carbons (Fsp3) is 0.476. The number of halogens is 3. The normalized spacial score (nSPS) is 33.7. The summed E-state index contributed by atoms with van der Waals surface area (Å²) in [6.07, 6.45) is -3.54. The lowest BCUT2D eigenvalue weighted by Crippen LogP contribution is -2.44. The minimum Gasteiger partial charge on any atom is -0.385 e. The Bertz CT molecular complexity index is 1420. The lowest BCUT2D eigenvalue weighted by molar-refractivity contribution is -0.156. The molecule has 2 aliphatic rings. The molecule has 2 fully saturated rings. The molecule has 0 aliphatic carbocycles. The quantitative estimate of drug-likeness (QED) is 0.294. The van der Waals surface area contributed by atoms with E-state index in [4.69, 9.17) is 24.0 Å². The van der Waals surface area contributed by atoms with E-state index >= 15 is 0 Å². The molecule has 3 aromatic rings. The first-order chi connectivity index (χ1) is 17.2. The summed E-state index contributed by atoms with van der Waals surface area (Å²) >= 11 is 3.11. The van der Waals surface area contributed by atoms with Gasteiger partial charge in [-0.25, -0.2) is 28.3 Å². The molecule has 2 aromatic heterocycles. The predicted molar refractivity (Wildman–Crippen MR) is 127 cm³/mol. The van der Waals surface area contributed by atoms with Gasteiger partial charge in [0.05, 0.1) is 11.9 Å². The number of ether oxygens (including phenoxy) is 1. The summed E-state index contributed by atoms with van der Waals surface area (Å²) in [5.74, 6) is -2.21. The summed E-state index contributed by atoms with van der Waals surface area (Å²) in [5.41, 5.74) is 2.88. The summed E-state index contributed by atoms with van der Waals surface area (Å²) < 4.78 is 66.2. The largest absolute Gasteiger partial charge is 0.478 e. The zero-order valence-corrected chi connectivity index (χ0v) is 22.2. The first kappa shape index (κ1) is 26.5. The molecular formula is C21H23BrF2N5O7P. The smallest absolute Gasteiger partial charge is 0.385 e. The molecule has 4 N–H and O–H groups in total. The molecule has 2 aliphatic heterocycles. The maximum absolute atomic E-state index is 14.6. The Morgan fingerprint density at radius 3 is 2.73 bits per heavy atom. The van der Waals surface area contributed by atoms with E-state index in [2.05, 4.69) is 30.9 Å². The van der Waals surface area contributed by atoms with Gasteiger partial charge < -0.3 is 20.7 Å². The molecule has 16 heteroatoms. The zero-order valence-electron chi connectivity index (χ0n) is 19.7. The highest BCUT2D eigenvalue weighted by Crippen LogP contribution is 2.63. The highest BCUT2D eigenvalue weighted by molar-refractivity contribution is 9.10. The Morgan fingerprint density at radius 1 is 1.27 bits per heavy atom. The van der Waals surface area contributed by atoms with E-state index in [0.29, 0.717) is 0 Å². The molecule has 5 rings (SSSR count). The number of phosphoric ester groups is 1. The molecule has 12 nitrogen and oxygen atoms in total. The van der Waals surface area contributed by atoms with Crippen molar-refractivity contribution in [2.24, 2.45) is 0 Å². The molecule has 0 amide bonds. The summed E-state index contributed by atoms with van der Waals surface area (Å²) in [4.78, 5) is 12.1. The molecule has 6 atom stereocenters. The van der Waals surface area contributed by atoms with Gasteiger partial charge in [-0.05, 0) is 32.9 Å². The molecule has 2 saturated heterocycles. The fourth-order valence-electron chi connectivity index (χ4n) is 4.38. The van der Waals surface area contributed by atoms with Gasteiger partial charge in [-0.3, -0.25) is 18.1 Å². The van der Waals surface area contributed by atoms with Crippen LogP contribution in [-0.2, 0) is 22.9 Å². The highest BCUT2D eigenvalue weighted by atomic mass is 79.9. The molecular weight excluding hydrogens is 583 g/mol. The molecule has 1 aromatic carbocycles.